The number of aromatic amines is 1. The molecule has 0 bridgehead atoms. The van der Waals surface area contributed by atoms with Gasteiger partial charge < -0.3 is 10.2 Å². The molecule has 11 heteroatoms. The number of hydrogen-bond acceptors (Lipinski definition) is 6. The molecule has 172 valence electrons. The molecule has 1 saturated heterocycles. The standard InChI is InChI=1S/C21H26FN5O4S/c1-2-32(30,31)27-10-8-26(9-11-27)21(29)16-12-14(5-6-17(16)22)13-18-19-15(4-3-7-23-19)20(28)25-24-18/h5-6,12,23H,2-4,7-11,13H2,1H3,(H,25,28). The van der Waals surface area contributed by atoms with E-state index in [1.54, 1.807) is 13.0 Å². The number of aromatic nitrogens is 2. The lowest BCUT2D eigenvalue weighted by molar-refractivity contribution is 0.0693. The molecule has 0 saturated carbocycles. The third-order valence-corrected chi connectivity index (χ3v) is 7.86. The number of amides is 1. The molecular weight excluding hydrogens is 437 g/mol. The van der Waals surface area contributed by atoms with E-state index in [-0.39, 0.29) is 43.1 Å². The zero-order valence-corrected chi connectivity index (χ0v) is 18.7. The molecule has 2 aromatic rings. The minimum absolute atomic E-state index is 0.00890. The summed E-state index contributed by atoms with van der Waals surface area (Å²) >= 11 is 0. The van der Waals surface area contributed by atoms with Crippen molar-refractivity contribution >= 4 is 21.6 Å². The molecule has 0 spiro atoms. The summed E-state index contributed by atoms with van der Waals surface area (Å²) in [5, 5.41) is 9.91. The SMILES string of the molecule is CCS(=O)(=O)N1CCN(C(=O)c2cc(Cc3n[nH]c(=O)c4c3NCCC4)ccc2F)CC1. The zero-order chi connectivity index (χ0) is 22.9. The first-order valence-corrected chi connectivity index (χ1v) is 12.3. The van der Waals surface area contributed by atoms with Crippen LogP contribution in [0.2, 0.25) is 0 Å². The molecule has 3 heterocycles. The Labute approximate surface area is 185 Å². The van der Waals surface area contributed by atoms with Gasteiger partial charge in [-0.3, -0.25) is 9.59 Å². The fraction of sp³-hybridized carbons (Fsp3) is 0.476. The molecule has 4 rings (SSSR count). The van der Waals surface area contributed by atoms with E-state index in [0.29, 0.717) is 35.3 Å². The number of H-pyrrole nitrogens is 1. The summed E-state index contributed by atoms with van der Waals surface area (Å²) in [6.07, 6.45) is 1.86. The van der Waals surface area contributed by atoms with Crippen LogP contribution in [-0.2, 0) is 22.9 Å². The average molecular weight is 464 g/mol. The fourth-order valence-corrected chi connectivity index (χ4v) is 5.23. The second kappa shape index (κ2) is 8.99. The highest BCUT2D eigenvalue weighted by Gasteiger charge is 2.29. The van der Waals surface area contributed by atoms with Crippen LogP contribution in [0.25, 0.3) is 0 Å². The second-order valence-electron chi connectivity index (χ2n) is 7.97. The summed E-state index contributed by atoms with van der Waals surface area (Å²) in [6, 6.07) is 4.36. The minimum atomic E-state index is -3.31. The Kier molecular flexibility index (Phi) is 6.29. The van der Waals surface area contributed by atoms with Gasteiger partial charge in [-0.05, 0) is 37.5 Å². The van der Waals surface area contributed by atoms with Gasteiger partial charge in [0.1, 0.15) is 5.82 Å². The average Bonchev–Trinajstić information content (AvgIpc) is 2.82. The van der Waals surface area contributed by atoms with E-state index in [0.717, 1.165) is 13.0 Å². The summed E-state index contributed by atoms with van der Waals surface area (Å²) in [6.45, 7) is 3.14. The van der Waals surface area contributed by atoms with Crippen molar-refractivity contribution in [2.75, 3.05) is 43.8 Å². The third kappa shape index (κ3) is 4.40. The molecular formula is C21H26FN5O4S. The number of nitrogens with one attached hydrogen (secondary N) is 2. The monoisotopic (exact) mass is 463 g/mol. The Morgan fingerprint density at radius 1 is 1.22 bits per heavy atom. The van der Waals surface area contributed by atoms with Crippen LogP contribution in [0.4, 0.5) is 10.1 Å². The lowest BCUT2D eigenvalue weighted by Crippen LogP contribution is -2.51. The van der Waals surface area contributed by atoms with E-state index < -0.39 is 21.7 Å². The number of sulfonamides is 1. The number of nitrogens with zero attached hydrogens (tertiary/aromatic N) is 3. The van der Waals surface area contributed by atoms with Gasteiger partial charge in [-0.2, -0.15) is 9.40 Å². The van der Waals surface area contributed by atoms with Crippen molar-refractivity contribution < 1.29 is 17.6 Å². The fourth-order valence-electron chi connectivity index (χ4n) is 4.14. The van der Waals surface area contributed by atoms with Crippen molar-refractivity contribution in [3.63, 3.8) is 0 Å². The predicted molar refractivity (Wildman–Crippen MR) is 118 cm³/mol. The number of carbonyl (C=O) groups is 1. The normalized spacial score (nSPS) is 17.0. The van der Waals surface area contributed by atoms with E-state index >= 15 is 0 Å². The molecule has 2 N–H and O–H groups in total. The number of hydrogen-bond donors (Lipinski definition) is 2. The van der Waals surface area contributed by atoms with Crippen LogP contribution in [0.5, 0.6) is 0 Å². The summed E-state index contributed by atoms with van der Waals surface area (Å²) in [5.41, 5.74) is 2.44. The molecule has 2 aliphatic heterocycles. The molecule has 0 unspecified atom stereocenters. The van der Waals surface area contributed by atoms with Crippen LogP contribution in [0.1, 0.15) is 40.5 Å². The lowest BCUT2D eigenvalue weighted by Gasteiger charge is -2.34. The maximum absolute atomic E-state index is 14.5. The molecule has 1 fully saturated rings. The van der Waals surface area contributed by atoms with Crippen LogP contribution >= 0.6 is 0 Å². The minimum Gasteiger partial charge on any atom is -0.383 e. The van der Waals surface area contributed by atoms with Gasteiger partial charge in [0.05, 0.1) is 22.7 Å². The Morgan fingerprint density at radius 2 is 1.97 bits per heavy atom. The summed E-state index contributed by atoms with van der Waals surface area (Å²) in [7, 11) is -3.31. The first-order valence-electron chi connectivity index (χ1n) is 10.7. The smallest absolute Gasteiger partial charge is 0.269 e. The highest BCUT2D eigenvalue weighted by Crippen LogP contribution is 2.24. The van der Waals surface area contributed by atoms with Gasteiger partial charge in [-0.15, -0.1) is 0 Å². The highest BCUT2D eigenvalue weighted by molar-refractivity contribution is 7.89. The van der Waals surface area contributed by atoms with Gasteiger partial charge in [0, 0.05) is 44.7 Å². The number of piperazine rings is 1. The Balaban J connectivity index is 1.53. The Hall–Kier alpha value is -2.79. The van der Waals surface area contributed by atoms with Crippen LogP contribution in [0.3, 0.4) is 0 Å². The lowest BCUT2D eigenvalue weighted by atomic mass is 9.99. The first-order chi connectivity index (χ1) is 15.3. The van der Waals surface area contributed by atoms with Crippen LogP contribution in [0.15, 0.2) is 23.0 Å². The maximum Gasteiger partial charge on any atom is 0.269 e. The van der Waals surface area contributed by atoms with Crippen molar-refractivity contribution in [3.8, 4) is 0 Å². The van der Waals surface area contributed by atoms with Crippen LogP contribution in [-0.4, -0.2) is 72.2 Å². The maximum atomic E-state index is 14.5. The van der Waals surface area contributed by atoms with Crippen molar-refractivity contribution in [3.05, 3.63) is 56.8 Å². The number of halogens is 1. The van der Waals surface area contributed by atoms with Gasteiger partial charge in [-0.25, -0.2) is 17.9 Å². The van der Waals surface area contributed by atoms with Gasteiger partial charge in [-0.1, -0.05) is 6.07 Å². The summed E-state index contributed by atoms with van der Waals surface area (Å²) in [5.74, 6) is -1.08. The summed E-state index contributed by atoms with van der Waals surface area (Å²) in [4.78, 5) is 26.5. The molecule has 9 nitrogen and oxygen atoms in total. The highest BCUT2D eigenvalue weighted by atomic mass is 32.2. The summed E-state index contributed by atoms with van der Waals surface area (Å²) < 4.78 is 39.9. The molecule has 32 heavy (non-hydrogen) atoms. The van der Waals surface area contributed by atoms with E-state index in [4.69, 9.17) is 0 Å². The molecule has 1 aromatic carbocycles. The topological polar surface area (TPSA) is 115 Å². The van der Waals surface area contributed by atoms with Crippen LogP contribution < -0.4 is 10.9 Å². The van der Waals surface area contributed by atoms with E-state index in [2.05, 4.69) is 15.5 Å². The van der Waals surface area contributed by atoms with Gasteiger partial charge >= 0.3 is 0 Å². The second-order valence-corrected chi connectivity index (χ2v) is 10.2. The Morgan fingerprint density at radius 3 is 2.69 bits per heavy atom. The number of carbonyl (C=O) groups excluding carboxylic acids is 1. The van der Waals surface area contributed by atoms with Crippen molar-refractivity contribution in [1.29, 1.82) is 0 Å². The predicted octanol–water partition coefficient (Wildman–Crippen LogP) is 0.965. The molecule has 0 radical (unpaired) electrons. The van der Waals surface area contributed by atoms with Gasteiger partial charge in [0.15, 0.2) is 0 Å². The van der Waals surface area contributed by atoms with Gasteiger partial charge in [0.2, 0.25) is 10.0 Å². The van der Waals surface area contributed by atoms with Crippen LogP contribution in [0, 0.1) is 5.82 Å². The Bertz CT molecular complexity index is 1190. The number of benzene rings is 1. The molecule has 0 aliphatic carbocycles. The van der Waals surface area contributed by atoms with Crippen molar-refractivity contribution in [2.24, 2.45) is 0 Å². The van der Waals surface area contributed by atoms with E-state index in [1.165, 1.54) is 21.3 Å². The van der Waals surface area contributed by atoms with Crippen molar-refractivity contribution in [2.45, 2.75) is 26.2 Å². The number of fused-ring (bicyclic) bond motifs is 1. The van der Waals surface area contributed by atoms with E-state index in [9.17, 15) is 22.4 Å². The van der Waals surface area contributed by atoms with Gasteiger partial charge in [0.25, 0.3) is 11.5 Å². The number of anilines is 1. The third-order valence-electron chi connectivity index (χ3n) is 5.98. The quantitative estimate of drug-likeness (QED) is 0.683. The van der Waals surface area contributed by atoms with E-state index in [1.807, 2.05) is 0 Å². The molecule has 1 amide bonds. The zero-order valence-electron chi connectivity index (χ0n) is 17.9. The molecule has 1 aromatic heterocycles. The number of rotatable bonds is 5. The first kappa shape index (κ1) is 22.4. The largest absolute Gasteiger partial charge is 0.383 e. The molecule has 0 atom stereocenters. The van der Waals surface area contributed by atoms with Crippen molar-refractivity contribution in [1.82, 2.24) is 19.4 Å². The molecule has 2 aliphatic rings.